The molecule has 0 aliphatic heterocycles. The van der Waals surface area contributed by atoms with Crippen LogP contribution in [0.2, 0.25) is 5.15 Å². The largest absolute Gasteiger partial charge is 0.349 e. The van der Waals surface area contributed by atoms with E-state index in [1.807, 2.05) is 6.92 Å². The van der Waals surface area contributed by atoms with E-state index in [2.05, 4.69) is 10.3 Å². The molecule has 3 nitrogen and oxygen atoms in total. The average molecular weight is 277 g/mol. The quantitative estimate of drug-likeness (QED) is 0.844. The zero-order chi connectivity index (χ0) is 13.1. The fourth-order valence-electron chi connectivity index (χ4n) is 4.51. The summed E-state index contributed by atoms with van der Waals surface area (Å²) in [7, 11) is 0. The zero-order valence-electron chi connectivity index (χ0n) is 10.9. The first-order chi connectivity index (χ1) is 9.13. The van der Waals surface area contributed by atoms with Crippen molar-refractivity contribution in [3.8, 4) is 0 Å². The second-order valence-electron chi connectivity index (χ2n) is 6.31. The number of amides is 1. The predicted molar refractivity (Wildman–Crippen MR) is 73.0 cm³/mol. The Bertz CT molecular complexity index is 523. The van der Waals surface area contributed by atoms with Crippen LogP contribution in [-0.2, 0) is 0 Å². The topological polar surface area (TPSA) is 42.0 Å². The highest BCUT2D eigenvalue weighted by Gasteiger charge is 2.65. The first-order valence-corrected chi connectivity index (χ1v) is 7.46. The predicted octanol–water partition coefficient (Wildman–Crippen LogP) is 2.82. The van der Waals surface area contributed by atoms with E-state index in [-0.39, 0.29) is 5.91 Å². The summed E-state index contributed by atoms with van der Waals surface area (Å²) in [6, 6.07) is 3.87. The SMILES string of the molecule is Cc1cc(C(=O)NC2C3C4CCC(C4)C23)cc(Cl)n1. The van der Waals surface area contributed by atoms with E-state index in [9.17, 15) is 4.79 Å². The molecule has 1 aromatic heterocycles. The lowest BCUT2D eigenvalue weighted by Crippen LogP contribution is -2.30. The summed E-state index contributed by atoms with van der Waals surface area (Å²) in [5, 5.41) is 3.59. The average Bonchev–Trinajstić information content (AvgIpc) is 2.76. The third kappa shape index (κ3) is 1.78. The Kier molecular flexibility index (Phi) is 2.44. The number of hydrogen-bond acceptors (Lipinski definition) is 2. The van der Waals surface area contributed by atoms with E-state index in [0.717, 1.165) is 29.4 Å². The minimum atomic E-state index is 0.00574. The standard InChI is InChI=1S/C15H17ClN2O/c1-7-4-10(6-11(16)17-7)15(19)18-14-12-8-2-3-9(5-8)13(12)14/h4,6,8-9,12-14H,2-3,5H2,1H3,(H,18,19). The highest BCUT2D eigenvalue weighted by Crippen LogP contribution is 2.65. The Labute approximate surface area is 117 Å². The lowest BCUT2D eigenvalue weighted by atomic mass is 10.0. The van der Waals surface area contributed by atoms with Gasteiger partial charge < -0.3 is 5.32 Å². The first-order valence-electron chi connectivity index (χ1n) is 7.08. The summed E-state index contributed by atoms with van der Waals surface area (Å²) in [4.78, 5) is 16.4. The van der Waals surface area contributed by atoms with Crippen LogP contribution in [0.25, 0.3) is 0 Å². The fraction of sp³-hybridized carbons (Fsp3) is 0.600. The Balaban J connectivity index is 1.48. The molecule has 1 N–H and O–H groups in total. The van der Waals surface area contributed by atoms with Gasteiger partial charge in [0.1, 0.15) is 5.15 Å². The van der Waals surface area contributed by atoms with Gasteiger partial charge >= 0.3 is 0 Å². The van der Waals surface area contributed by atoms with Crippen molar-refractivity contribution < 1.29 is 4.79 Å². The molecule has 3 fully saturated rings. The normalized spacial score (nSPS) is 38.1. The van der Waals surface area contributed by atoms with Crippen LogP contribution in [-0.4, -0.2) is 16.9 Å². The highest BCUT2D eigenvalue weighted by atomic mass is 35.5. The van der Waals surface area contributed by atoms with Gasteiger partial charge in [-0.15, -0.1) is 0 Å². The van der Waals surface area contributed by atoms with Crippen molar-refractivity contribution >= 4 is 17.5 Å². The molecule has 4 atom stereocenters. The third-order valence-corrected chi connectivity index (χ3v) is 5.41. The van der Waals surface area contributed by atoms with Crippen LogP contribution in [0.4, 0.5) is 0 Å². The third-order valence-electron chi connectivity index (χ3n) is 5.22. The van der Waals surface area contributed by atoms with E-state index in [4.69, 9.17) is 11.6 Å². The van der Waals surface area contributed by atoms with E-state index in [1.165, 1.54) is 19.3 Å². The van der Waals surface area contributed by atoms with Crippen LogP contribution in [0.3, 0.4) is 0 Å². The van der Waals surface area contributed by atoms with Gasteiger partial charge in [-0.1, -0.05) is 11.6 Å². The number of nitrogens with zero attached hydrogens (tertiary/aromatic N) is 1. The molecule has 0 spiro atoms. The molecular weight excluding hydrogens is 260 g/mol. The molecular formula is C15H17ClN2O. The summed E-state index contributed by atoms with van der Waals surface area (Å²) in [6.45, 7) is 1.86. The van der Waals surface area contributed by atoms with Gasteiger partial charge in [-0.2, -0.15) is 0 Å². The van der Waals surface area contributed by atoms with Crippen molar-refractivity contribution in [3.63, 3.8) is 0 Å². The lowest BCUT2D eigenvalue weighted by molar-refractivity contribution is 0.0944. The Hall–Kier alpha value is -1.09. The molecule has 0 radical (unpaired) electrons. The van der Waals surface area contributed by atoms with Crippen LogP contribution in [0.5, 0.6) is 0 Å². The lowest BCUT2D eigenvalue weighted by Gasteiger charge is -2.11. The van der Waals surface area contributed by atoms with Crippen molar-refractivity contribution in [2.45, 2.75) is 32.2 Å². The van der Waals surface area contributed by atoms with Gasteiger partial charge in [0.05, 0.1) is 0 Å². The van der Waals surface area contributed by atoms with Gasteiger partial charge in [0.2, 0.25) is 0 Å². The molecule has 4 heteroatoms. The van der Waals surface area contributed by atoms with Crippen molar-refractivity contribution in [1.29, 1.82) is 0 Å². The van der Waals surface area contributed by atoms with Crippen molar-refractivity contribution in [1.82, 2.24) is 10.3 Å². The number of hydrogen-bond donors (Lipinski definition) is 1. The van der Waals surface area contributed by atoms with Crippen LogP contribution in [0.1, 0.15) is 35.3 Å². The summed E-state index contributed by atoms with van der Waals surface area (Å²) in [6.07, 6.45) is 4.15. The van der Waals surface area contributed by atoms with E-state index >= 15 is 0 Å². The maximum atomic E-state index is 12.3. The fourth-order valence-corrected chi connectivity index (χ4v) is 4.76. The summed E-state index contributed by atoms with van der Waals surface area (Å²) >= 11 is 5.91. The smallest absolute Gasteiger partial charge is 0.251 e. The maximum absolute atomic E-state index is 12.3. The van der Waals surface area contributed by atoms with Crippen molar-refractivity contribution in [2.24, 2.45) is 23.7 Å². The number of rotatable bonds is 2. The molecule has 2 bridgehead atoms. The van der Waals surface area contributed by atoms with Crippen molar-refractivity contribution in [2.75, 3.05) is 0 Å². The molecule has 100 valence electrons. The minimum absolute atomic E-state index is 0.00574. The van der Waals surface area contributed by atoms with Crippen LogP contribution < -0.4 is 5.32 Å². The van der Waals surface area contributed by atoms with Crippen LogP contribution in [0, 0.1) is 30.6 Å². The van der Waals surface area contributed by atoms with Crippen molar-refractivity contribution in [3.05, 3.63) is 28.5 Å². The van der Waals surface area contributed by atoms with Gasteiger partial charge in [0.25, 0.3) is 5.91 Å². The first kappa shape index (κ1) is 11.7. The molecule has 3 aliphatic rings. The number of carbonyl (C=O) groups excluding carboxylic acids is 1. The molecule has 4 unspecified atom stereocenters. The molecule has 0 saturated heterocycles. The number of carbonyl (C=O) groups is 1. The molecule has 19 heavy (non-hydrogen) atoms. The Morgan fingerprint density at radius 2 is 2.00 bits per heavy atom. The molecule has 0 aromatic carbocycles. The van der Waals surface area contributed by atoms with Crippen LogP contribution in [0.15, 0.2) is 12.1 Å². The number of halogens is 1. The molecule has 1 heterocycles. The number of pyridine rings is 1. The Morgan fingerprint density at radius 1 is 1.32 bits per heavy atom. The number of fused-ring (bicyclic) bond motifs is 5. The zero-order valence-corrected chi connectivity index (χ0v) is 11.7. The monoisotopic (exact) mass is 276 g/mol. The maximum Gasteiger partial charge on any atom is 0.251 e. The minimum Gasteiger partial charge on any atom is -0.349 e. The second kappa shape index (κ2) is 3.95. The molecule has 3 saturated carbocycles. The highest BCUT2D eigenvalue weighted by molar-refractivity contribution is 6.29. The number of aromatic nitrogens is 1. The summed E-state index contributed by atoms with van der Waals surface area (Å²) in [5.74, 6) is 3.29. The molecule has 3 aliphatic carbocycles. The van der Waals surface area contributed by atoms with Crippen LogP contribution >= 0.6 is 11.6 Å². The van der Waals surface area contributed by atoms with Gasteiger partial charge in [-0.3, -0.25) is 4.79 Å². The molecule has 4 rings (SSSR count). The van der Waals surface area contributed by atoms with Gasteiger partial charge in [-0.05, 0) is 62.0 Å². The summed E-state index contributed by atoms with van der Waals surface area (Å²) < 4.78 is 0. The number of nitrogens with one attached hydrogen (secondary N) is 1. The number of aryl methyl sites for hydroxylation is 1. The van der Waals surface area contributed by atoms with E-state index in [0.29, 0.717) is 16.8 Å². The molecule has 1 aromatic rings. The van der Waals surface area contributed by atoms with E-state index < -0.39 is 0 Å². The van der Waals surface area contributed by atoms with Gasteiger partial charge in [0, 0.05) is 17.3 Å². The molecule has 1 amide bonds. The second-order valence-corrected chi connectivity index (χ2v) is 6.69. The Morgan fingerprint density at radius 3 is 2.63 bits per heavy atom. The summed E-state index contributed by atoms with van der Waals surface area (Å²) in [5.41, 5.74) is 1.42. The van der Waals surface area contributed by atoms with Gasteiger partial charge in [-0.25, -0.2) is 4.98 Å². The van der Waals surface area contributed by atoms with Gasteiger partial charge in [0.15, 0.2) is 0 Å². The van der Waals surface area contributed by atoms with E-state index in [1.54, 1.807) is 12.1 Å².